The van der Waals surface area contributed by atoms with E-state index >= 15 is 0 Å². The van der Waals surface area contributed by atoms with Crippen LogP contribution in [-0.4, -0.2) is 48.4 Å². The van der Waals surface area contributed by atoms with Crippen LogP contribution in [0.1, 0.15) is 21.5 Å². The van der Waals surface area contributed by atoms with Gasteiger partial charge in [0.2, 0.25) is 5.91 Å². The Morgan fingerprint density at radius 2 is 1.95 bits per heavy atom. The number of nitrogens with zero attached hydrogens (tertiary/aromatic N) is 1. The van der Waals surface area contributed by atoms with Crippen molar-refractivity contribution in [2.24, 2.45) is 0 Å². The van der Waals surface area contributed by atoms with Gasteiger partial charge in [-0.2, -0.15) is 0 Å². The fourth-order valence-electron chi connectivity index (χ4n) is 1.79. The minimum absolute atomic E-state index is 0.0381. The molecule has 6 nitrogen and oxygen atoms in total. The monoisotopic (exact) mass is 290 g/mol. The summed E-state index contributed by atoms with van der Waals surface area (Å²) in [7, 11) is 3.04. The van der Waals surface area contributed by atoms with E-state index in [1.54, 1.807) is 18.2 Å². The third-order valence-electron chi connectivity index (χ3n) is 2.77. The van der Waals surface area contributed by atoms with E-state index in [4.69, 9.17) is 5.11 Å². The first-order valence-electron chi connectivity index (χ1n) is 6.32. The Labute approximate surface area is 123 Å². The van der Waals surface area contributed by atoms with Crippen LogP contribution in [0.4, 0.5) is 0 Å². The smallest absolute Gasteiger partial charge is 0.328 e. The van der Waals surface area contributed by atoms with Gasteiger partial charge in [-0.3, -0.25) is 9.59 Å². The Morgan fingerprint density at radius 1 is 1.29 bits per heavy atom. The summed E-state index contributed by atoms with van der Waals surface area (Å²) in [6, 6.07) is 5.06. The van der Waals surface area contributed by atoms with E-state index in [0.717, 1.165) is 11.6 Å². The van der Waals surface area contributed by atoms with Crippen molar-refractivity contribution < 1.29 is 19.5 Å². The van der Waals surface area contributed by atoms with Gasteiger partial charge in [0.25, 0.3) is 5.91 Å². The number of aryl methyl sites for hydroxylation is 1. The summed E-state index contributed by atoms with van der Waals surface area (Å²) in [5.41, 5.74) is 1.86. The topological polar surface area (TPSA) is 86.7 Å². The second kappa shape index (κ2) is 7.23. The number of benzene rings is 1. The SMILES string of the molecule is CNC(=O)CN(C)C(=O)c1cc(C)cc(/C=C/C(=O)O)c1. The van der Waals surface area contributed by atoms with Crippen molar-refractivity contribution >= 4 is 23.9 Å². The molecule has 0 radical (unpaired) electrons. The van der Waals surface area contributed by atoms with Crippen LogP contribution in [0.25, 0.3) is 6.08 Å². The summed E-state index contributed by atoms with van der Waals surface area (Å²) in [6.45, 7) is 1.78. The first-order chi connectivity index (χ1) is 9.83. The molecule has 0 fully saturated rings. The molecular weight excluding hydrogens is 272 g/mol. The van der Waals surface area contributed by atoms with E-state index < -0.39 is 5.97 Å². The van der Waals surface area contributed by atoms with Crippen LogP contribution >= 0.6 is 0 Å². The highest BCUT2D eigenvalue weighted by Crippen LogP contribution is 2.13. The van der Waals surface area contributed by atoms with Gasteiger partial charge in [0.05, 0.1) is 6.54 Å². The maximum Gasteiger partial charge on any atom is 0.328 e. The highest BCUT2D eigenvalue weighted by Gasteiger charge is 2.15. The summed E-state index contributed by atoms with van der Waals surface area (Å²) in [6.07, 6.45) is 2.43. The lowest BCUT2D eigenvalue weighted by Gasteiger charge is -2.16. The fraction of sp³-hybridized carbons (Fsp3) is 0.267. The van der Waals surface area contributed by atoms with Gasteiger partial charge in [-0.05, 0) is 36.3 Å². The van der Waals surface area contributed by atoms with Crippen molar-refractivity contribution in [3.05, 3.63) is 41.0 Å². The minimum Gasteiger partial charge on any atom is -0.478 e. The summed E-state index contributed by atoms with van der Waals surface area (Å²) < 4.78 is 0. The lowest BCUT2D eigenvalue weighted by atomic mass is 10.1. The molecule has 112 valence electrons. The molecule has 0 bridgehead atoms. The van der Waals surface area contributed by atoms with Crippen molar-refractivity contribution in [2.45, 2.75) is 6.92 Å². The number of rotatable bonds is 5. The van der Waals surface area contributed by atoms with Gasteiger partial charge in [0, 0.05) is 25.7 Å². The molecule has 0 aliphatic heterocycles. The standard InChI is InChI=1S/C15H18N2O4/c1-10-6-11(4-5-14(19)20)8-12(7-10)15(21)17(3)9-13(18)16-2/h4-8H,9H2,1-3H3,(H,16,18)(H,19,20)/b5-4+. The highest BCUT2D eigenvalue weighted by atomic mass is 16.4. The van der Waals surface area contributed by atoms with Gasteiger partial charge in [0.15, 0.2) is 0 Å². The van der Waals surface area contributed by atoms with E-state index in [0.29, 0.717) is 11.1 Å². The van der Waals surface area contributed by atoms with Crippen molar-refractivity contribution in [3.8, 4) is 0 Å². The van der Waals surface area contributed by atoms with Crippen molar-refractivity contribution in [1.82, 2.24) is 10.2 Å². The van der Waals surface area contributed by atoms with Crippen molar-refractivity contribution in [1.29, 1.82) is 0 Å². The largest absolute Gasteiger partial charge is 0.478 e. The quantitative estimate of drug-likeness (QED) is 0.789. The second-order valence-corrected chi connectivity index (χ2v) is 4.64. The molecule has 2 amide bonds. The number of hydrogen-bond donors (Lipinski definition) is 2. The molecule has 2 N–H and O–H groups in total. The number of amides is 2. The van der Waals surface area contributed by atoms with Crippen LogP contribution < -0.4 is 5.32 Å². The summed E-state index contributed by atoms with van der Waals surface area (Å²) in [5, 5.41) is 11.1. The molecule has 0 saturated carbocycles. The number of carbonyl (C=O) groups is 3. The molecule has 0 aromatic heterocycles. The molecule has 1 aromatic rings. The number of carboxylic acid groups (broad SMARTS) is 1. The number of carboxylic acids is 1. The van der Waals surface area contributed by atoms with Gasteiger partial charge in [-0.25, -0.2) is 4.79 Å². The van der Waals surface area contributed by atoms with Gasteiger partial charge in [0.1, 0.15) is 0 Å². The number of aliphatic carboxylic acids is 1. The highest BCUT2D eigenvalue weighted by molar-refractivity contribution is 5.97. The predicted octanol–water partition coefficient (Wildman–Crippen LogP) is 0.911. The zero-order valence-corrected chi connectivity index (χ0v) is 12.2. The molecular formula is C15H18N2O4. The Balaban J connectivity index is 2.99. The van der Waals surface area contributed by atoms with Crippen LogP contribution in [0.5, 0.6) is 0 Å². The van der Waals surface area contributed by atoms with Crippen molar-refractivity contribution in [2.75, 3.05) is 20.6 Å². The molecule has 21 heavy (non-hydrogen) atoms. The summed E-state index contributed by atoms with van der Waals surface area (Å²) in [5.74, 6) is -1.61. The van der Waals surface area contributed by atoms with E-state index in [2.05, 4.69) is 5.32 Å². The molecule has 0 aliphatic carbocycles. The molecule has 0 heterocycles. The molecule has 1 aromatic carbocycles. The number of carbonyl (C=O) groups excluding carboxylic acids is 2. The Morgan fingerprint density at radius 3 is 2.52 bits per heavy atom. The number of nitrogens with one attached hydrogen (secondary N) is 1. The third kappa shape index (κ3) is 5.10. The number of likely N-dealkylation sites (N-methyl/N-ethyl adjacent to an activating group) is 2. The van der Waals surface area contributed by atoms with Crippen LogP contribution in [-0.2, 0) is 9.59 Å². The zero-order valence-electron chi connectivity index (χ0n) is 12.2. The maximum atomic E-state index is 12.2. The third-order valence-corrected chi connectivity index (χ3v) is 2.77. The predicted molar refractivity (Wildman–Crippen MR) is 78.9 cm³/mol. The Hall–Kier alpha value is -2.63. The molecule has 0 atom stereocenters. The molecule has 0 saturated heterocycles. The first-order valence-corrected chi connectivity index (χ1v) is 6.32. The van der Waals surface area contributed by atoms with Gasteiger partial charge in [-0.1, -0.05) is 6.07 Å². The average Bonchev–Trinajstić information content (AvgIpc) is 2.43. The maximum absolute atomic E-state index is 12.2. The van der Waals surface area contributed by atoms with E-state index in [1.807, 2.05) is 6.92 Å². The van der Waals surface area contributed by atoms with Crippen LogP contribution in [0.2, 0.25) is 0 Å². The molecule has 0 aliphatic rings. The van der Waals surface area contributed by atoms with Crippen LogP contribution in [0.15, 0.2) is 24.3 Å². The zero-order chi connectivity index (χ0) is 16.0. The van der Waals surface area contributed by atoms with Crippen LogP contribution in [0, 0.1) is 6.92 Å². The van der Waals surface area contributed by atoms with Gasteiger partial charge >= 0.3 is 5.97 Å². The molecule has 0 unspecified atom stereocenters. The second-order valence-electron chi connectivity index (χ2n) is 4.64. The lowest BCUT2D eigenvalue weighted by Crippen LogP contribution is -2.36. The normalized spacial score (nSPS) is 10.4. The lowest BCUT2D eigenvalue weighted by molar-refractivity contribution is -0.131. The van der Waals surface area contributed by atoms with Crippen molar-refractivity contribution in [3.63, 3.8) is 0 Å². The molecule has 0 spiro atoms. The Bertz CT molecular complexity index is 593. The molecule has 6 heteroatoms. The van der Waals surface area contributed by atoms with Gasteiger partial charge < -0.3 is 15.3 Å². The average molecular weight is 290 g/mol. The summed E-state index contributed by atoms with van der Waals surface area (Å²) in [4.78, 5) is 35.4. The Kier molecular flexibility index (Phi) is 5.66. The van der Waals surface area contributed by atoms with E-state index in [1.165, 1.54) is 25.1 Å². The van der Waals surface area contributed by atoms with E-state index in [9.17, 15) is 14.4 Å². The molecule has 1 rings (SSSR count). The summed E-state index contributed by atoms with van der Waals surface area (Å²) >= 11 is 0. The first kappa shape index (κ1) is 16.4. The number of hydrogen-bond acceptors (Lipinski definition) is 3. The fourth-order valence-corrected chi connectivity index (χ4v) is 1.79. The van der Waals surface area contributed by atoms with Gasteiger partial charge in [-0.15, -0.1) is 0 Å². The van der Waals surface area contributed by atoms with E-state index in [-0.39, 0.29) is 18.4 Å². The minimum atomic E-state index is -1.05. The van der Waals surface area contributed by atoms with Crippen LogP contribution in [0.3, 0.4) is 0 Å².